The summed E-state index contributed by atoms with van der Waals surface area (Å²) in [7, 11) is 0. The fraction of sp³-hybridized carbons (Fsp3) is 0.238. The van der Waals surface area contributed by atoms with Gasteiger partial charge in [-0.05, 0) is 43.7 Å². The Morgan fingerprint density at radius 1 is 1.17 bits per heavy atom. The molecule has 7 nitrogen and oxygen atoms in total. The Bertz CT molecular complexity index is 896. The number of carbonyl (C=O) groups is 3. The fourth-order valence-corrected chi connectivity index (χ4v) is 3.11. The second kappa shape index (κ2) is 11.1. The molecule has 0 saturated heterocycles. The fourth-order valence-electron chi connectivity index (χ4n) is 2.26. The molecule has 0 saturated carbocycles. The van der Waals surface area contributed by atoms with Gasteiger partial charge in [0.15, 0.2) is 0 Å². The van der Waals surface area contributed by atoms with Crippen molar-refractivity contribution in [3.8, 4) is 0 Å². The van der Waals surface area contributed by atoms with Crippen LogP contribution in [0.2, 0.25) is 0 Å². The van der Waals surface area contributed by atoms with Gasteiger partial charge in [0.1, 0.15) is 12.3 Å². The Hall–Kier alpha value is -2.97. The smallest absolute Gasteiger partial charge is 0.334 e. The highest BCUT2D eigenvalue weighted by Gasteiger charge is 2.13. The van der Waals surface area contributed by atoms with Crippen LogP contribution >= 0.6 is 11.8 Å². The summed E-state index contributed by atoms with van der Waals surface area (Å²) >= 11 is 1.49. The number of hydrogen-bond acceptors (Lipinski definition) is 8. The first-order chi connectivity index (χ1) is 13.9. The van der Waals surface area contributed by atoms with E-state index in [1.165, 1.54) is 25.6 Å². The Morgan fingerprint density at radius 2 is 1.90 bits per heavy atom. The summed E-state index contributed by atoms with van der Waals surface area (Å²) in [6, 6.07) is 6.96. The monoisotopic (exact) mass is 415 g/mol. The lowest BCUT2D eigenvalue weighted by atomic mass is 10.1. The molecule has 1 aliphatic carbocycles. The zero-order chi connectivity index (χ0) is 21.2. The molecule has 1 N–H and O–H groups in total. The zero-order valence-corrected chi connectivity index (χ0v) is 16.9. The topological polar surface area (TPSA) is 102 Å². The summed E-state index contributed by atoms with van der Waals surface area (Å²) in [5.41, 5.74) is 1.03. The molecule has 0 fully saturated rings. The molecule has 0 unspecified atom stereocenters. The summed E-state index contributed by atoms with van der Waals surface area (Å²) in [6.07, 6.45) is 7.67. The van der Waals surface area contributed by atoms with E-state index in [4.69, 9.17) is 9.84 Å². The summed E-state index contributed by atoms with van der Waals surface area (Å²) in [5.74, 6) is -1.36. The van der Waals surface area contributed by atoms with Gasteiger partial charge in [-0.3, -0.25) is 4.79 Å². The normalized spacial score (nSPS) is 13.8. The number of rotatable bonds is 8. The van der Waals surface area contributed by atoms with Gasteiger partial charge in [0.25, 0.3) is 0 Å². The van der Waals surface area contributed by atoms with Crippen molar-refractivity contribution in [2.45, 2.75) is 25.2 Å². The number of ketones is 1. The number of aliphatic hydroxyl groups excluding tert-OH is 1. The van der Waals surface area contributed by atoms with E-state index in [0.29, 0.717) is 17.6 Å². The average Bonchev–Trinajstić information content (AvgIpc) is 2.96. The van der Waals surface area contributed by atoms with Crippen LogP contribution in [0, 0.1) is 0 Å². The molecule has 0 amide bonds. The van der Waals surface area contributed by atoms with E-state index >= 15 is 0 Å². The molecule has 1 aromatic rings. The quantitative estimate of drug-likeness (QED) is 0.229. The molecule has 1 aromatic carbocycles. The third-order valence-electron chi connectivity index (χ3n) is 3.66. The van der Waals surface area contributed by atoms with Gasteiger partial charge in [-0.15, -0.1) is 0 Å². The lowest BCUT2D eigenvalue weighted by molar-refractivity contribution is -0.141. The molecular formula is C21H21NO6S. The summed E-state index contributed by atoms with van der Waals surface area (Å²) < 4.78 is 4.93. The molecule has 0 aromatic heterocycles. The molecule has 0 radical (unpaired) electrons. The van der Waals surface area contributed by atoms with Gasteiger partial charge >= 0.3 is 11.9 Å². The molecule has 2 rings (SSSR count). The zero-order valence-electron chi connectivity index (χ0n) is 16.1. The maximum atomic E-state index is 12.3. The minimum atomic E-state index is -0.590. The van der Waals surface area contributed by atoms with Crippen LogP contribution in [0.3, 0.4) is 0 Å². The first-order valence-corrected chi connectivity index (χ1v) is 9.62. The minimum Gasteiger partial charge on any atom is -0.460 e. The third-order valence-corrected chi connectivity index (χ3v) is 4.71. The van der Waals surface area contributed by atoms with Gasteiger partial charge in [-0.2, -0.15) is 0 Å². The number of carbonyl (C=O) groups excluding carboxylic acids is 3. The van der Waals surface area contributed by atoms with Crippen LogP contribution in [0.4, 0.5) is 0 Å². The van der Waals surface area contributed by atoms with E-state index in [2.05, 4.69) is 9.99 Å². The number of Topliss-reactive ketones (excluding diaryl/α,β-unsaturated/α-hetero) is 1. The van der Waals surface area contributed by atoms with E-state index < -0.39 is 11.9 Å². The third kappa shape index (κ3) is 7.17. The van der Waals surface area contributed by atoms with E-state index in [1.54, 1.807) is 36.4 Å². The van der Waals surface area contributed by atoms with Crippen molar-refractivity contribution in [3.63, 3.8) is 0 Å². The van der Waals surface area contributed by atoms with Crippen LogP contribution < -0.4 is 0 Å². The summed E-state index contributed by atoms with van der Waals surface area (Å²) in [6.45, 7) is 2.45. The van der Waals surface area contributed by atoms with Crippen LogP contribution in [-0.4, -0.2) is 41.8 Å². The predicted octanol–water partition coefficient (Wildman–Crippen LogP) is 3.21. The van der Waals surface area contributed by atoms with Gasteiger partial charge in [0.05, 0.1) is 6.61 Å². The molecule has 152 valence electrons. The molecule has 0 heterocycles. The van der Waals surface area contributed by atoms with Gasteiger partial charge < -0.3 is 14.7 Å². The van der Waals surface area contributed by atoms with Crippen LogP contribution in [-0.2, 0) is 19.2 Å². The van der Waals surface area contributed by atoms with Crippen LogP contribution in [0.25, 0.3) is 0 Å². The van der Waals surface area contributed by atoms with Crippen molar-refractivity contribution in [3.05, 3.63) is 64.6 Å². The highest BCUT2D eigenvalue weighted by atomic mass is 32.2. The number of ether oxygens (including phenoxy) is 1. The van der Waals surface area contributed by atoms with E-state index in [1.807, 2.05) is 12.2 Å². The molecule has 8 heteroatoms. The van der Waals surface area contributed by atoms with E-state index in [9.17, 15) is 14.4 Å². The molecule has 29 heavy (non-hydrogen) atoms. The van der Waals surface area contributed by atoms with Gasteiger partial charge in [-0.25, -0.2) is 9.59 Å². The van der Waals surface area contributed by atoms with Crippen molar-refractivity contribution in [2.24, 2.45) is 5.16 Å². The highest BCUT2D eigenvalue weighted by Crippen LogP contribution is 2.30. The molecular weight excluding hydrogens is 394 g/mol. The van der Waals surface area contributed by atoms with Crippen molar-refractivity contribution in [1.82, 2.24) is 0 Å². The molecule has 0 spiro atoms. The van der Waals surface area contributed by atoms with Crippen LogP contribution in [0.5, 0.6) is 0 Å². The van der Waals surface area contributed by atoms with Gasteiger partial charge in [0, 0.05) is 27.9 Å². The average molecular weight is 415 g/mol. The number of allylic oxidation sites excluding steroid dienone is 4. The van der Waals surface area contributed by atoms with E-state index in [-0.39, 0.29) is 24.7 Å². The molecule has 0 bridgehead atoms. The largest absolute Gasteiger partial charge is 0.460 e. The number of nitrogens with zero attached hydrogens (tertiary/aromatic N) is 1. The number of esters is 1. The van der Waals surface area contributed by atoms with Crippen LogP contribution in [0.15, 0.2) is 69.1 Å². The summed E-state index contributed by atoms with van der Waals surface area (Å²) in [5, 5.41) is 12.2. The maximum Gasteiger partial charge on any atom is 0.334 e. The van der Waals surface area contributed by atoms with Crippen molar-refractivity contribution >= 4 is 35.2 Å². The van der Waals surface area contributed by atoms with E-state index in [0.717, 1.165) is 9.80 Å². The van der Waals surface area contributed by atoms with Gasteiger partial charge in [0.2, 0.25) is 5.78 Å². The number of hydrogen-bond donors (Lipinski definition) is 1. The van der Waals surface area contributed by atoms with Gasteiger partial charge in [-0.1, -0.05) is 35.1 Å². The standard InChI is InChI=1S/C21H21NO6S/c1-14(22-28-15(2)24)20(25)16-6-9-19(10-7-16)29-18-5-3-4-17(8-11-18)21(26)27-13-12-23/h3-7,9-11,23H,8,12-13H2,1-2H3/b22-14+. The Labute approximate surface area is 172 Å². The second-order valence-electron chi connectivity index (χ2n) is 5.94. The highest BCUT2D eigenvalue weighted by molar-refractivity contribution is 8.03. The SMILES string of the molecule is CC(=O)O/N=C(\C)C(=O)c1ccc(SC2=CCC(C(=O)OCCO)=CC=C2)cc1. The Kier molecular flexibility index (Phi) is 8.57. The number of oxime groups is 1. The first-order valence-electron chi connectivity index (χ1n) is 8.81. The van der Waals surface area contributed by atoms with Crippen molar-refractivity contribution in [2.75, 3.05) is 13.2 Å². The molecule has 0 atom stereocenters. The Morgan fingerprint density at radius 3 is 2.55 bits per heavy atom. The number of thioether (sulfide) groups is 1. The minimum absolute atomic E-state index is 0.0265. The molecule has 1 aliphatic rings. The predicted molar refractivity (Wildman–Crippen MR) is 109 cm³/mol. The maximum absolute atomic E-state index is 12.3. The van der Waals surface area contributed by atoms with Crippen LogP contribution in [0.1, 0.15) is 30.6 Å². The lowest BCUT2D eigenvalue weighted by Gasteiger charge is -2.05. The first kappa shape index (κ1) is 22.3. The molecule has 0 aliphatic heterocycles. The van der Waals surface area contributed by atoms with Crippen molar-refractivity contribution in [1.29, 1.82) is 0 Å². The lowest BCUT2D eigenvalue weighted by Crippen LogP contribution is -2.11. The second-order valence-corrected chi connectivity index (χ2v) is 7.08. The van der Waals surface area contributed by atoms with Crippen molar-refractivity contribution < 1.29 is 29.1 Å². The number of benzene rings is 1. The number of aliphatic hydroxyl groups is 1. The summed E-state index contributed by atoms with van der Waals surface area (Å²) in [4.78, 5) is 41.3. The Balaban J connectivity index is 1.99.